The van der Waals surface area contributed by atoms with E-state index in [1.165, 1.54) is 0 Å². The first-order chi connectivity index (χ1) is 7.05. The maximum atomic E-state index is 12.9. The Morgan fingerprint density at radius 3 is 2.27 bits per heavy atom. The second kappa shape index (κ2) is 3.69. The highest BCUT2D eigenvalue weighted by Crippen LogP contribution is 2.32. The number of rotatable bonds is 2. The fourth-order valence-electron chi connectivity index (χ4n) is 2.01. The molecule has 0 aromatic rings. The molecule has 0 bridgehead atoms. The second-order valence-electron chi connectivity index (χ2n) is 4.52. The number of ether oxygens (including phenoxy) is 1. The molecule has 84 valence electrons. The van der Waals surface area contributed by atoms with E-state index < -0.39 is 11.3 Å². The van der Waals surface area contributed by atoms with Crippen LogP contribution in [0.4, 0.5) is 8.78 Å². The molecule has 0 saturated carbocycles. The average molecular weight is 216 g/mol. The van der Waals surface area contributed by atoms with Gasteiger partial charge in [-0.05, 0) is 0 Å². The Labute approximate surface area is 87.6 Å². The number of likely N-dealkylation sites (tertiary alicyclic amines) is 1. The Kier molecular flexibility index (Phi) is 2.65. The maximum Gasteiger partial charge on any atom is 0.250 e. The zero-order chi connectivity index (χ0) is 10.9. The van der Waals surface area contributed by atoms with Gasteiger partial charge in [0, 0.05) is 32.5 Å². The van der Waals surface area contributed by atoms with E-state index in [4.69, 9.17) is 10.00 Å². The van der Waals surface area contributed by atoms with Gasteiger partial charge in [0.2, 0.25) is 0 Å². The normalized spacial score (nSPS) is 29.1. The first kappa shape index (κ1) is 10.8. The van der Waals surface area contributed by atoms with Gasteiger partial charge in [-0.2, -0.15) is 5.26 Å². The van der Waals surface area contributed by atoms with Crippen LogP contribution in [-0.4, -0.2) is 43.7 Å². The first-order valence-corrected chi connectivity index (χ1v) is 5.15. The van der Waals surface area contributed by atoms with E-state index in [1.807, 2.05) is 4.90 Å². The van der Waals surface area contributed by atoms with E-state index >= 15 is 0 Å². The third-order valence-electron chi connectivity index (χ3n) is 3.11. The van der Waals surface area contributed by atoms with Crippen molar-refractivity contribution < 1.29 is 13.5 Å². The van der Waals surface area contributed by atoms with Gasteiger partial charge in [-0.25, -0.2) is 8.78 Å². The van der Waals surface area contributed by atoms with Gasteiger partial charge >= 0.3 is 0 Å². The van der Waals surface area contributed by atoms with Crippen LogP contribution in [0.3, 0.4) is 0 Å². The summed E-state index contributed by atoms with van der Waals surface area (Å²) >= 11 is 0. The minimum atomic E-state index is -2.51. The fraction of sp³-hybridized carbons (Fsp3) is 0.900. The smallest absolute Gasteiger partial charge is 0.250 e. The van der Waals surface area contributed by atoms with Gasteiger partial charge in [0.25, 0.3) is 5.92 Å². The fourth-order valence-corrected chi connectivity index (χ4v) is 2.01. The molecule has 15 heavy (non-hydrogen) atoms. The van der Waals surface area contributed by atoms with Crippen LogP contribution in [-0.2, 0) is 4.74 Å². The van der Waals surface area contributed by atoms with Crippen molar-refractivity contribution in [3.63, 3.8) is 0 Å². The number of piperidine rings is 1. The number of hydrogen-bond acceptors (Lipinski definition) is 3. The van der Waals surface area contributed by atoms with E-state index in [9.17, 15) is 8.78 Å². The van der Waals surface area contributed by atoms with Crippen molar-refractivity contribution >= 4 is 0 Å². The van der Waals surface area contributed by atoms with Gasteiger partial charge in [-0.1, -0.05) is 0 Å². The molecular weight excluding hydrogens is 202 g/mol. The van der Waals surface area contributed by atoms with Crippen LogP contribution >= 0.6 is 0 Å². The van der Waals surface area contributed by atoms with Crippen LogP contribution in [0.15, 0.2) is 0 Å². The van der Waals surface area contributed by atoms with Gasteiger partial charge in [-0.15, -0.1) is 0 Å². The van der Waals surface area contributed by atoms with Crippen LogP contribution in [0.5, 0.6) is 0 Å². The predicted molar refractivity (Wildman–Crippen MR) is 49.5 cm³/mol. The molecule has 0 unspecified atom stereocenters. The maximum absolute atomic E-state index is 12.9. The molecule has 2 rings (SSSR count). The third-order valence-corrected chi connectivity index (χ3v) is 3.11. The molecule has 3 nitrogen and oxygen atoms in total. The summed E-state index contributed by atoms with van der Waals surface area (Å²) in [6, 6.07) is 2.23. The summed E-state index contributed by atoms with van der Waals surface area (Å²) in [5.74, 6) is -2.51. The van der Waals surface area contributed by atoms with Crippen molar-refractivity contribution in [1.82, 2.24) is 4.90 Å². The van der Waals surface area contributed by atoms with Gasteiger partial charge in [0.05, 0.1) is 19.3 Å². The van der Waals surface area contributed by atoms with Crippen LogP contribution in [0.1, 0.15) is 12.8 Å². The molecule has 0 radical (unpaired) electrons. The number of hydrogen-bond donors (Lipinski definition) is 0. The molecule has 0 spiro atoms. The van der Waals surface area contributed by atoms with E-state index in [1.54, 1.807) is 0 Å². The SMILES string of the molecule is N#CC1(CN2CCC(F)(F)CC2)COC1. The molecule has 2 fully saturated rings. The molecule has 2 aliphatic heterocycles. The Morgan fingerprint density at radius 1 is 1.27 bits per heavy atom. The van der Waals surface area contributed by atoms with Crippen molar-refractivity contribution in [3.05, 3.63) is 0 Å². The summed E-state index contributed by atoms with van der Waals surface area (Å²) in [4.78, 5) is 1.95. The Balaban J connectivity index is 1.85. The average Bonchev–Trinajstić information content (AvgIpc) is 2.14. The number of alkyl halides is 2. The van der Waals surface area contributed by atoms with Crippen LogP contribution in [0, 0.1) is 16.7 Å². The topological polar surface area (TPSA) is 36.3 Å². The van der Waals surface area contributed by atoms with Gasteiger partial charge in [0.15, 0.2) is 0 Å². The zero-order valence-electron chi connectivity index (χ0n) is 8.51. The van der Waals surface area contributed by atoms with Gasteiger partial charge in [0.1, 0.15) is 5.41 Å². The van der Waals surface area contributed by atoms with Gasteiger partial charge < -0.3 is 9.64 Å². The second-order valence-corrected chi connectivity index (χ2v) is 4.52. The highest BCUT2D eigenvalue weighted by molar-refractivity contribution is 5.06. The number of nitrogens with zero attached hydrogens (tertiary/aromatic N) is 2. The lowest BCUT2D eigenvalue weighted by atomic mass is 9.86. The van der Waals surface area contributed by atoms with Crippen molar-refractivity contribution in [3.8, 4) is 6.07 Å². The highest BCUT2D eigenvalue weighted by Gasteiger charge is 2.43. The lowest BCUT2D eigenvalue weighted by Gasteiger charge is -2.41. The summed E-state index contributed by atoms with van der Waals surface area (Å²) in [5.41, 5.74) is -0.438. The molecule has 5 heteroatoms. The monoisotopic (exact) mass is 216 g/mol. The predicted octanol–water partition coefficient (Wildman–Crippen LogP) is 1.26. The van der Waals surface area contributed by atoms with Crippen LogP contribution < -0.4 is 0 Å². The van der Waals surface area contributed by atoms with Crippen LogP contribution in [0.2, 0.25) is 0 Å². The molecule has 2 saturated heterocycles. The first-order valence-electron chi connectivity index (χ1n) is 5.15. The van der Waals surface area contributed by atoms with Crippen molar-refractivity contribution in [1.29, 1.82) is 5.26 Å². The minimum Gasteiger partial charge on any atom is -0.378 e. The summed E-state index contributed by atoms with van der Waals surface area (Å²) in [7, 11) is 0. The lowest BCUT2D eigenvalue weighted by Crippen LogP contribution is -2.52. The van der Waals surface area contributed by atoms with Crippen molar-refractivity contribution in [2.24, 2.45) is 5.41 Å². The van der Waals surface area contributed by atoms with E-state index in [0.717, 1.165) is 0 Å². The molecule has 2 aliphatic rings. The summed E-state index contributed by atoms with van der Waals surface area (Å²) in [6.45, 7) is 2.22. The molecule has 0 aliphatic carbocycles. The summed E-state index contributed by atoms with van der Waals surface area (Å²) in [5, 5.41) is 8.97. The summed E-state index contributed by atoms with van der Waals surface area (Å²) < 4.78 is 30.8. The third kappa shape index (κ3) is 2.27. The molecule has 0 aromatic heterocycles. The highest BCUT2D eigenvalue weighted by atomic mass is 19.3. The Hall–Kier alpha value is -0.730. The Morgan fingerprint density at radius 2 is 1.87 bits per heavy atom. The summed E-state index contributed by atoms with van der Waals surface area (Å²) in [6.07, 6.45) is -0.176. The Bertz CT molecular complexity index is 274. The van der Waals surface area contributed by atoms with Crippen molar-refractivity contribution in [2.75, 3.05) is 32.8 Å². The molecule has 2 heterocycles. The molecule has 0 amide bonds. The van der Waals surface area contributed by atoms with Crippen molar-refractivity contribution in [2.45, 2.75) is 18.8 Å². The largest absolute Gasteiger partial charge is 0.378 e. The minimum absolute atomic E-state index is 0.0879. The number of halogens is 2. The van der Waals surface area contributed by atoms with E-state index in [2.05, 4.69) is 6.07 Å². The number of nitriles is 1. The molecule has 0 N–H and O–H groups in total. The standard InChI is InChI=1S/C10H14F2N2O/c11-10(12)1-3-14(4-2-10)6-9(5-13)7-15-8-9/h1-4,6-8H2. The lowest BCUT2D eigenvalue weighted by molar-refractivity contribution is -0.108. The molecule has 0 atom stereocenters. The van der Waals surface area contributed by atoms with E-state index in [-0.39, 0.29) is 12.8 Å². The van der Waals surface area contributed by atoms with Crippen LogP contribution in [0.25, 0.3) is 0 Å². The molecule has 0 aromatic carbocycles. The zero-order valence-corrected chi connectivity index (χ0v) is 8.51. The quantitative estimate of drug-likeness (QED) is 0.697. The van der Waals surface area contributed by atoms with Gasteiger partial charge in [-0.3, -0.25) is 0 Å². The molecular formula is C10H14F2N2O. The van der Waals surface area contributed by atoms with E-state index in [0.29, 0.717) is 32.8 Å².